The molecule has 2 unspecified atom stereocenters. The van der Waals surface area contributed by atoms with Crippen molar-refractivity contribution < 1.29 is 16.8 Å². The van der Waals surface area contributed by atoms with E-state index in [1.807, 2.05) is 96.9 Å². The Kier molecular flexibility index (Phi) is 15.3. The van der Waals surface area contributed by atoms with E-state index in [0.29, 0.717) is 41.5 Å². The van der Waals surface area contributed by atoms with Crippen LogP contribution >= 0.6 is 12.4 Å². The smallest absolute Gasteiger partial charge is 0.245 e. The van der Waals surface area contributed by atoms with Gasteiger partial charge in [-0.1, -0.05) is 72.8 Å². The molecule has 4 saturated heterocycles. The number of amidine groups is 1. The number of nitrogen functional groups attached to an aromatic ring is 2. The van der Waals surface area contributed by atoms with E-state index in [1.54, 1.807) is 24.8 Å². The summed E-state index contributed by atoms with van der Waals surface area (Å²) >= 11 is 0. The predicted octanol–water partition coefficient (Wildman–Crippen LogP) is 8.14. The zero-order valence-corrected chi connectivity index (χ0v) is 47.4. The van der Waals surface area contributed by atoms with Crippen LogP contribution in [0.2, 0.25) is 0 Å². The fourth-order valence-electron chi connectivity index (χ4n) is 12.1. The van der Waals surface area contributed by atoms with E-state index in [9.17, 15) is 16.8 Å². The van der Waals surface area contributed by atoms with Gasteiger partial charge in [0, 0.05) is 82.2 Å². The van der Waals surface area contributed by atoms with Crippen LogP contribution in [0.25, 0.3) is 61.0 Å². The average molecular weight is 1150 g/mol. The first-order valence-corrected chi connectivity index (χ1v) is 30.1. The summed E-state index contributed by atoms with van der Waals surface area (Å²) in [4.78, 5) is 29.9. The number of sulfone groups is 2. The number of aromatic amines is 1. The molecule has 11 heterocycles. The standard InChI is InChI=1S/C28H29N9O2S.C26H25N7O2S.C2H6N2.ClH/c1-16-32-28(35-34-16)36-20-9-10-21(36)13-19(12-20)24-25(40(2,38)39)26(29)37-27(33-24)22(15-31-37)18-8-11-23(30-14-18)17-6-4-3-5-7-17;1-28-32-19-9-10-20(32)13-18(12-19)23-24(36(2,34)35)25(27)33-26(31-23)21(15-30-33)17-8-11-22(29-14-17)16-6-4-3-5-7-16;1-2(3)4;/h3-8,11,14-15,19-21H,9-10,12-13,29H2,1-2H3,(H,32,34,35);3-8,11,14-15,18-20H,9-10,12-13,27H2,2H3;1H3,(H3,3,4);1H/t19?,20-,21+;18?,19-,20+;;. The Morgan fingerprint density at radius 3 is 1.40 bits per heavy atom. The van der Waals surface area contributed by atoms with Crippen molar-refractivity contribution in [3.05, 3.63) is 138 Å². The quantitative estimate of drug-likeness (QED) is 0.0517. The Morgan fingerprint density at radius 2 is 1.04 bits per heavy atom. The van der Waals surface area contributed by atoms with Gasteiger partial charge in [-0.15, -0.1) is 22.5 Å². The van der Waals surface area contributed by atoms with E-state index >= 15 is 0 Å². The van der Waals surface area contributed by atoms with Gasteiger partial charge in [0.15, 0.2) is 31.0 Å². The number of halogens is 1. The number of piperidine rings is 2. The Hall–Kier alpha value is -8.53. The second-order valence-corrected chi connectivity index (χ2v) is 25.0. The van der Waals surface area contributed by atoms with Gasteiger partial charge >= 0.3 is 0 Å². The molecule has 2 aromatic carbocycles. The molecule has 0 saturated carbocycles. The lowest BCUT2D eigenvalue weighted by Gasteiger charge is -2.38. The molecule has 13 rings (SSSR count). The number of benzene rings is 2. The highest BCUT2D eigenvalue weighted by molar-refractivity contribution is 7.91. The summed E-state index contributed by atoms with van der Waals surface area (Å²) in [5, 5.41) is 24.3. The van der Waals surface area contributed by atoms with Gasteiger partial charge in [-0.05, 0) is 77.3 Å². The predicted molar refractivity (Wildman–Crippen MR) is 313 cm³/mol. The molecule has 4 fully saturated rings. The Labute approximate surface area is 474 Å². The minimum absolute atomic E-state index is 0. The third-order valence-corrected chi connectivity index (χ3v) is 17.8. The molecule has 6 atom stereocenters. The molecule has 418 valence electrons. The molecular weight excluding hydrogens is 1090 g/mol. The molecule has 8 N–H and O–H groups in total. The van der Waals surface area contributed by atoms with Crippen LogP contribution in [0.4, 0.5) is 17.6 Å². The SMILES string of the molecule is CC(=N)N.Cc1nc(N2[C@@H]3CC[C@H]2CC(c2nc4c(-c5ccc(-c6ccccc6)nc5)cnn4c(N)c2S(C)(=O)=O)C3)n[nH]1.Cl.[C-]#[N+]N1[C@@H]2CC[C@H]1CC(c1nc3c(-c4ccc(-c5ccccc5)nc4)cnn3c(N)c1S(C)(=O)=O)C2. The van der Waals surface area contributed by atoms with Crippen LogP contribution in [0.15, 0.2) is 120 Å². The number of nitrogens with two attached hydrogens (primary N) is 3. The lowest BCUT2D eigenvalue weighted by molar-refractivity contribution is 0.181. The molecular formula is C56H61ClN18O4S2. The van der Waals surface area contributed by atoms with E-state index in [-0.39, 0.29) is 75.7 Å². The Bertz CT molecular complexity index is 4050. The van der Waals surface area contributed by atoms with Crippen molar-refractivity contribution >= 4 is 66.8 Å². The van der Waals surface area contributed by atoms with Gasteiger partial charge in [-0.25, -0.2) is 26.8 Å². The second-order valence-electron chi connectivity index (χ2n) is 21.0. The molecule has 9 aromatic rings. The van der Waals surface area contributed by atoms with Gasteiger partial charge < -0.3 is 22.1 Å². The van der Waals surface area contributed by atoms with Gasteiger partial charge in [0.25, 0.3) is 0 Å². The van der Waals surface area contributed by atoms with Crippen molar-refractivity contribution in [1.82, 2.24) is 59.4 Å². The fourth-order valence-corrected chi connectivity index (χ4v) is 14.3. The van der Waals surface area contributed by atoms with Gasteiger partial charge in [-0.3, -0.25) is 20.5 Å². The minimum Gasteiger partial charge on any atom is -0.388 e. The monoisotopic (exact) mass is 1150 g/mol. The molecule has 4 aliphatic heterocycles. The van der Waals surface area contributed by atoms with Gasteiger partial charge in [0.1, 0.15) is 27.3 Å². The van der Waals surface area contributed by atoms with E-state index < -0.39 is 19.7 Å². The largest absolute Gasteiger partial charge is 0.388 e. The summed E-state index contributed by atoms with van der Waals surface area (Å²) < 4.78 is 54.7. The lowest BCUT2D eigenvalue weighted by atomic mass is 9.88. The molecule has 25 heteroatoms. The topological polar surface area (TPSA) is 309 Å². The molecule has 0 spiro atoms. The maximum atomic E-state index is 13.1. The van der Waals surface area contributed by atoms with E-state index in [4.69, 9.17) is 39.2 Å². The highest BCUT2D eigenvalue weighted by atomic mass is 35.5. The summed E-state index contributed by atoms with van der Waals surface area (Å²) in [7, 11) is -7.34. The summed E-state index contributed by atoms with van der Waals surface area (Å²) in [6, 6.07) is 28.3. The Morgan fingerprint density at radius 1 is 0.630 bits per heavy atom. The first-order valence-electron chi connectivity index (χ1n) is 26.3. The number of fused-ring (bicyclic) bond motifs is 6. The third-order valence-electron chi connectivity index (χ3n) is 15.5. The summed E-state index contributed by atoms with van der Waals surface area (Å²) in [6.45, 7) is 10.9. The molecule has 7 aromatic heterocycles. The van der Waals surface area contributed by atoms with E-state index in [2.05, 4.69) is 45.2 Å². The van der Waals surface area contributed by atoms with Crippen molar-refractivity contribution in [3.63, 3.8) is 0 Å². The van der Waals surface area contributed by atoms with Crippen molar-refractivity contribution in [2.24, 2.45) is 5.73 Å². The number of anilines is 3. The number of aromatic nitrogens is 11. The minimum atomic E-state index is -3.68. The average Bonchev–Trinajstić information content (AvgIpc) is 3.62. The molecule has 81 heavy (non-hydrogen) atoms. The molecule has 22 nitrogen and oxygen atoms in total. The maximum absolute atomic E-state index is 13.1. The molecule has 0 amide bonds. The summed E-state index contributed by atoms with van der Waals surface area (Å²) in [6.07, 6.45) is 16.0. The number of pyridine rings is 2. The number of rotatable bonds is 9. The zero-order valence-electron chi connectivity index (χ0n) is 44.9. The van der Waals surface area contributed by atoms with Gasteiger partial charge in [0.05, 0.1) is 53.1 Å². The van der Waals surface area contributed by atoms with Crippen LogP contribution in [0, 0.1) is 18.9 Å². The van der Waals surface area contributed by atoms with Crippen LogP contribution in [-0.4, -0.2) is 119 Å². The van der Waals surface area contributed by atoms with Crippen LogP contribution in [0.5, 0.6) is 0 Å². The highest BCUT2D eigenvalue weighted by Gasteiger charge is 2.47. The van der Waals surface area contributed by atoms with Crippen LogP contribution < -0.4 is 22.1 Å². The second kappa shape index (κ2) is 22.2. The molecule has 4 bridgehead atoms. The van der Waals surface area contributed by atoms with Crippen molar-refractivity contribution in [2.75, 3.05) is 28.9 Å². The first-order chi connectivity index (χ1) is 38.4. The number of nitrogens with zero attached hydrogens (tertiary/aromatic N) is 13. The molecule has 0 aliphatic carbocycles. The summed E-state index contributed by atoms with van der Waals surface area (Å²) in [5.41, 5.74) is 26.6. The van der Waals surface area contributed by atoms with Crippen LogP contribution in [-0.2, 0) is 19.7 Å². The van der Waals surface area contributed by atoms with Crippen LogP contribution in [0.3, 0.4) is 0 Å². The van der Waals surface area contributed by atoms with Crippen molar-refractivity contribution in [2.45, 2.75) is 111 Å². The number of hydrogen-bond acceptors (Lipinski definition) is 17. The molecule has 4 aliphatic rings. The van der Waals surface area contributed by atoms with Crippen molar-refractivity contribution in [1.29, 1.82) is 5.41 Å². The van der Waals surface area contributed by atoms with Crippen LogP contribution in [0.1, 0.15) is 87.3 Å². The Balaban J connectivity index is 0.000000170. The van der Waals surface area contributed by atoms with Gasteiger partial charge in [0.2, 0.25) is 5.95 Å². The normalized spacial score (nSPS) is 20.2. The molecule has 0 radical (unpaired) electrons. The third kappa shape index (κ3) is 10.8. The van der Waals surface area contributed by atoms with E-state index in [1.165, 1.54) is 22.2 Å². The highest BCUT2D eigenvalue weighted by Crippen LogP contribution is 2.48. The number of hydrogen-bond donors (Lipinski definition) is 5. The fraction of sp³-hybridized carbons (Fsp3) is 0.321. The lowest BCUT2D eigenvalue weighted by Crippen LogP contribution is -2.43. The number of H-pyrrole nitrogens is 1. The van der Waals surface area contributed by atoms with E-state index in [0.717, 1.165) is 95.4 Å². The first kappa shape index (κ1) is 55.8. The number of nitrogens with one attached hydrogen (secondary N) is 2. The van der Waals surface area contributed by atoms with Gasteiger partial charge in [-0.2, -0.15) is 35.7 Å². The van der Waals surface area contributed by atoms with Crippen molar-refractivity contribution in [3.8, 4) is 44.8 Å². The number of aryl methyl sites for hydroxylation is 1. The maximum Gasteiger partial charge on any atom is 0.245 e. The zero-order chi connectivity index (χ0) is 56.2. The summed E-state index contributed by atoms with van der Waals surface area (Å²) in [5.74, 6) is 1.63.